The van der Waals surface area contributed by atoms with Gasteiger partial charge in [0.25, 0.3) is 0 Å². The molecule has 19 heavy (non-hydrogen) atoms. The van der Waals surface area contributed by atoms with E-state index in [0.29, 0.717) is 17.2 Å². The average Bonchev–Trinajstić information content (AvgIpc) is 2.37. The van der Waals surface area contributed by atoms with Crippen molar-refractivity contribution in [2.24, 2.45) is 0 Å². The van der Waals surface area contributed by atoms with Crippen LogP contribution in [0.2, 0.25) is 0 Å². The smallest absolute Gasteiger partial charge is 0.223 e. The first kappa shape index (κ1) is 14.4. The molecule has 1 heterocycles. The van der Waals surface area contributed by atoms with E-state index in [9.17, 15) is 4.21 Å². The minimum absolute atomic E-state index is 0.335. The lowest BCUT2D eigenvalue weighted by molar-refractivity contribution is 0.463. The maximum atomic E-state index is 11.9. The van der Waals surface area contributed by atoms with Gasteiger partial charge in [-0.3, -0.25) is 4.21 Å². The lowest BCUT2D eigenvalue weighted by atomic mass is 9.95. The highest BCUT2D eigenvalue weighted by Gasteiger charge is 2.25. The fourth-order valence-electron chi connectivity index (χ4n) is 2.72. The number of aromatic nitrogens is 2. The maximum Gasteiger partial charge on any atom is 0.223 e. The van der Waals surface area contributed by atoms with E-state index in [1.807, 2.05) is 26.8 Å². The molecular formula is C14H23N3OS. The van der Waals surface area contributed by atoms with Gasteiger partial charge in [0.2, 0.25) is 5.95 Å². The summed E-state index contributed by atoms with van der Waals surface area (Å²) in [5, 5.41) is 3.75. The van der Waals surface area contributed by atoms with Crippen molar-refractivity contribution >= 4 is 16.7 Å². The molecule has 0 spiro atoms. The molecular weight excluding hydrogens is 258 g/mol. The van der Waals surface area contributed by atoms with Gasteiger partial charge >= 0.3 is 0 Å². The van der Waals surface area contributed by atoms with E-state index in [4.69, 9.17) is 0 Å². The lowest BCUT2D eigenvalue weighted by Gasteiger charge is -2.29. The summed E-state index contributed by atoms with van der Waals surface area (Å²) < 4.78 is 11.9. The maximum absolute atomic E-state index is 11.9. The second kappa shape index (κ2) is 6.46. The second-order valence-electron chi connectivity index (χ2n) is 5.27. The number of aryl methyl sites for hydroxylation is 2. The number of anilines is 1. The zero-order chi connectivity index (χ0) is 13.8. The van der Waals surface area contributed by atoms with Crippen LogP contribution >= 0.6 is 0 Å². The van der Waals surface area contributed by atoms with Crippen LogP contribution in [0.1, 0.15) is 44.0 Å². The molecule has 3 unspecified atom stereocenters. The molecule has 0 aromatic carbocycles. The topological polar surface area (TPSA) is 54.9 Å². The molecule has 4 nitrogen and oxygen atoms in total. The van der Waals surface area contributed by atoms with Crippen molar-refractivity contribution in [2.45, 2.75) is 57.7 Å². The third-order valence-corrected chi connectivity index (χ3v) is 5.34. The molecule has 0 saturated heterocycles. The number of rotatable bonds is 4. The summed E-state index contributed by atoms with van der Waals surface area (Å²) >= 11 is 0. The summed E-state index contributed by atoms with van der Waals surface area (Å²) in [5.74, 6) is 1.47. The molecule has 1 aliphatic rings. The lowest BCUT2D eigenvalue weighted by Crippen LogP contribution is -2.33. The van der Waals surface area contributed by atoms with Crippen molar-refractivity contribution in [3.8, 4) is 0 Å². The average molecular weight is 281 g/mol. The van der Waals surface area contributed by atoms with Crippen LogP contribution in [0.3, 0.4) is 0 Å². The molecule has 5 heteroatoms. The quantitative estimate of drug-likeness (QED) is 0.921. The van der Waals surface area contributed by atoms with Gasteiger partial charge in [0.1, 0.15) is 0 Å². The van der Waals surface area contributed by atoms with Crippen LogP contribution in [0.25, 0.3) is 0 Å². The molecule has 0 bridgehead atoms. The van der Waals surface area contributed by atoms with E-state index < -0.39 is 10.8 Å². The van der Waals surface area contributed by atoms with E-state index in [1.54, 1.807) is 0 Å². The molecule has 1 fully saturated rings. The molecule has 3 atom stereocenters. The van der Waals surface area contributed by atoms with Crippen LogP contribution < -0.4 is 5.32 Å². The first-order chi connectivity index (χ1) is 9.08. The van der Waals surface area contributed by atoms with E-state index in [-0.39, 0.29) is 0 Å². The standard InChI is InChI=1S/C14H23N3OS/c1-4-19(18)13-7-5-6-12(9-13)17-14-15-10(2)8-11(3)16-14/h8,12-13H,4-7,9H2,1-3H3,(H,15,16,17). The molecule has 0 amide bonds. The molecule has 1 saturated carbocycles. The Balaban J connectivity index is 2.00. The van der Waals surface area contributed by atoms with Crippen LogP contribution in [0.4, 0.5) is 5.95 Å². The summed E-state index contributed by atoms with van der Waals surface area (Å²) in [6.45, 7) is 5.96. The first-order valence-electron chi connectivity index (χ1n) is 7.04. The Bertz CT molecular complexity index is 444. The minimum atomic E-state index is -0.682. The predicted molar refractivity (Wildman–Crippen MR) is 79.9 cm³/mol. The van der Waals surface area contributed by atoms with Crippen LogP contribution in [0.15, 0.2) is 6.07 Å². The van der Waals surface area contributed by atoms with Crippen molar-refractivity contribution in [1.82, 2.24) is 9.97 Å². The normalized spacial score (nSPS) is 25.0. The molecule has 1 aromatic rings. The first-order valence-corrected chi connectivity index (χ1v) is 8.42. The van der Waals surface area contributed by atoms with Crippen LogP contribution in [-0.2, 0) is 10.8 Å². The molecule has 1 aliphatic carbocycles. The Morgan fingerprint density at radius 2 is 2.00 bits per heavy atom. The zero-order valence-electron chi connectivity index (χ0n) is 12.0. The van der Waals surface area contributed by atoms with Gasteiger partial charge in [-0.2, -0.15) is 0 Å². The fourth-order valence-corrected chi connectivity index (χ4v) is 4.07. The largest absolute Gasteiger partial charge is 0.351 e. The third kappa shape index (κ3) is 4.00. The van der Waals surface area contributed by atoms with Gasteiger partial charge in [0, 0.05) is 39.2 Å². The number of nitrogens with zero attached hydrogens (tertiary/aromatic N) is 2. The summed E-state index contributed by atoms with van der Waals surface area (Å²) in [6.07, 6.45) is 4.32. The highest BCUT2D eigenvalue weighted by molar-refractivity contribution is 7.85. The van der Waals surface area contributed by atoms with E-state index in [1.165, 1.54) is 0 Å². The van der Waals surface area contributed by atoms with Gasteiger partial charge in [-0.1, -0.05) is 13.3 Å². The third-order valence-electron chi connectivity index (χ3n) is 3.60. The Morgan fingerprint density at radius 1 is 1.32 bits per heavy atom. The highest BCUT2D eigenvalue weighted by Crippen LogP contribution is 2.24. The predicted octanol–water partition coefficient (Wildman–Crippen LogP) is 2.59. The number of nitrogens with one attached hydrogen (secondary N) is 1. The van der Waals surface area contributed by atoms with Crippen LogP contribution in [0, 0.1) is 13.8 Å². The zero-order valence-corrected chi connectivity index (χ0v) is 12.8. The Labute approximate surface area is 117 Å². The monoisotopic (exact) mass is 281 g/mol. The molecule has 0 radical (unpaired) electrons. The van der Waals surface area contributed by atoms with Crippen molar-refractivity contribution in [2.75, 3.05) is 11.1 Å². The van der Waals surface area contributed by atoms with Gasteiger partial charge in [-0.15, -0.1) is 0 Å². The number of hydrogen-bond acceptors (Lipinski definition) is 4. The van der Waals surface area contributed by atoms with E-state index in [0.717, 1.165) is 42.8 Å². The van der Waals surface area contributed by atoms with Crippen LogP contribution in [-0.4, -0.2) is 31.2 Å². The van der Waals surface area contributed by atoms with Crippen molar-refractivity contribution in [3.63, 3.8) is 0 Å². The highest BCUT2D eigenvalue weighted by atomic mass is 32.2. The van der Waals surface area contributed by atoms with E-state index in [2.05, 4.69) is 15.3 Å². The molecule has 1 N–H and O–H groups in total. The van der Waals surface area contributed by atoms with Crippen molar-refractivity contribution in [3.05, 3.63) is 17.5 Å². The summed E-state index contributed by atoms with van der Waals surface area (Å²) in [7, 11) is -0.682. The Hall–Kier alpha value is -0.970. The SMILES string of the molecule is CCS(=O)C1CCCC(Nc2nc(C)cc(C)n2)C1. The van der Waals surface area contributed by atoms with Gasteiger partial charge in [0.15, 0.2) is 0 Å². The van der Waals surface area contributed by atoms with Gasteiger partial charge in [0.05, 0.1) is 0 Å². The van der Waals surface area contributed by atoms with Crippen molar-refractivity contribution in [1.29, 1.82) is 0 Å². The Morgan fingerprint density at radius 3 is 2.63 bits per heavy atom. The summed E-state index contributed by atoms with van der Waals surface area (Å²) in [6, 6.07) is 2.33. The van der Waals surface area contributed by atoms with Gasteiger partial charge in [-0.05, 0) is 39.2 Å². The number of hydrogen-bond donors (Lipinski definition) is 1. The molecule has 106 valence electrons. The van der Waals surface area contributed by atoms with E-state index >= 15 is 0 Å². The summed E-state index contributed by atoms with van der Waals surface area (Å²) in [5.41, 5.74) is 1.97. The van der Waals surface area contributed by atoms with Crippen LogP contribution in [0.5, 0.6) is 0 Å². The van der Waals surface area contributed by atoms with Gasteiger partial charge < -0.3 is 5.32 Å². The molecule has 0 aliphatic heterocycles. The summed E-state index contributed by atoms with van der Waals surface area (Å²) in [4.78, 5) is 8.84. The van der Waals surface area contributed by atoms with Crippen molar-refractivity contribution < 1.29 is 4.21 Å². The van der Waals surface area contributed by atoms with Gasteiger partial charge in [-0.25, -0.2) is 9.97 Å². The molecule has 2 rings (SSSR count). The minimum Gasteiger partial charge on any atom is -0.351 e. The molecule has 1 aromatic heterocycles. The second-order valence-corrected chi connectivity index (χ2v) is 7.28. The fraction of sp³-hybridized carbons (Fsp3) is 0.714. The Kier molecular flexibility index (Phi) is 4.91.